The lowest BCUT2D eigenvalue weighted by molar-refractivity contribution is 0.103. The molecule has 0 aliphatic carbocycles. The smallest absolute Gasteiger partial charge is 0.267 e. The monoisotopic (exact) mass is 305 g/mol. The molecule has 0 aliphatic rings. The molecule has 0 bridgehead atoms. The molecule has 0 saturated carbocycles. The van der Waals surface area contributed by atoms with Crippen LogP contribution in [-0.2, 0) is 0 Å². The first-order chi connectivity index (χ1) is 9.51. The van der Waals surface area contributed by atoms with Gasteiger partial charge in [0.15, 0.2) is 5.13 Å². The van der Waals surface area contributed by atoms with Crippen molar-refractivity contribution in [3.63, 3.8) is 0 Å². The second-order valence-electron chi connectivity index (χ2n) is 4.24. The lowest BCUT2D eigenvalue weighted by Crippen LogP contribution is -2.09. The average Bonchev–Trinajstić information content (AvgIpc) is 2.91. The largest absolute Gasteiger partial charge is 0.320 e. The molecule has 2 heterocycles. The third-order valence-electron chi connectivity index (χ3n) is 2.69. The predicted molar refractivity (Wildman–Crippen MR) is 84.5 cm³/mol. The fourth-order valence-corrected chi connectivity index (χ4v) is 3.29. The molecule has 104 valence electrons. The van der Waals surface area contributed by atoms with Crippen LogP contribution in [0.1, 0.15) is 30.7 Å². The summed E-state index contributed by atoms with van der Waals surface area (Å²) in [6.07, 6.45) is 0. The number of hydrogen-bond acceptors (Lipinski definition) is 5. The molecule has 0 radical (unpaired) electrons. The molecule has 0 aliphatic heterocycles. The molecule has 1 amide bonds. The van der Waals surface area contributed by atoms with Gasteiger partial charge in [-0.05, 0) is 32.4 Å². The topological polar surface area (TPSA) is 68.0 Å². The van der Waals surface area contributed by atoms with E-state index in [1.165, 1.54) is 22.7 Å². The van der Waals surface area contributed by atoms with Gasteiger partial charge in [-0.15, -0.1) is 22.7 Å². The van der Waals surface area contributed by atoms with Crippen LogP contribution in [0.4, 0.5) is 5.13 Å². The highest BCUT2D eigenvalue weighted by atomic mass is 32.1. The van der Waals surface area contributed by atoms with E-state index in [2.05, 4.69) is 22.1 Å². The molecule has 4 nitrogen and oxygen atoms in total. The molecule has 2 rings (SSSR count). The second-order valence-corrected chi connectivity index (χ2v) is 6.50. The predicted octanol–water partition coefficient (Wildman–Crippen LogP) is 2.69. The number of carbonyl (C=O) groups excluding carboxylic acids is 1. The van der Waals surface area contributed by atoms with Gasteiger partial charge in [0.25, 0.3) is 5.91 Å². The van der Waals surface area contributed by atoms with Crippen LogP contribution in [0.3, 0.4) is 0 Å². The van der Waals surface area contributed by atoms with Crippen molar-refractivity contribution in [3.05, 3.63) is 32.0 Å². The summed E-state index contributed by atoms with van der Waals surface area (Å²) < 4.78 is 0. The first kappa shape index (κ1) is 14.7. The molecule has 2 aromatic heterocycles. The van der Waals surface area contributed by atoms with Crippen molar-refractivity contribution in [3.8, 4) is 11.8 Å². The molecule has 20 heavy (non-hydrogen) atoms. The quantitative estimate of drug-likeness (QED) is 0.838. The van der Waals surface area contributed by atoms with E-state index in [1.54, 1.807) is 0 Å². The Bertz CT molecular complexity index is 684. The summed E-state index contributed by atoms with van der Waals surface area (Å²) in [5, 5.41) is 3.45. The Hall–Kier alpha value is -1.68. The molecular weight excluding hydrogens is 290 g/mol. The van der Waals surface area contributed by atoms with E-state index in [0.29, 0.717) is 16.6 Å². The number of nitrogens with one attached hydrogen (secondary N) is 1. The van der Waals surface area contributed by atoms with Gasteiger partial charge in [0, 0.05) is 4.88 Å². The van der Waals surface area contributed by atoms with E-state index in [9.17, 15) is 4.79 Å². The van der Waals surface area contributed by atoms with E-state index in [1.807, 2.05) is 26.8 Å². The van der Waals surface area contributed by atoms with E-state index in [4.69, 9.17) is 5.73 Å². The molecule has 0 fully saturated rings. The van der Waals surface area contributed by atoms with Crippen LogP contribution in [0.5, 0.6) is 0 Å². The van der Waals surface area contributed by atoms with Crippen molar-refractivity contribution in [2.24, 2.45) is 5.73 Å². The van der Waals surface area contributed by atoms with Crippen LogP contribution in [-0.4, -0.2) is 17.4 Å². The van der Waals surface area contributed by atoms with Gasteiger partial charge in [-0.2, -0.15) is 0 Å². The highest BCUT2D eigenvalue weighted by molar-refractivity contribution is 7.16. The van der Waals surface area contributed by atoms with Crippen molar-refractivity contribution < 1.29 is 4.79 Å². The van der Waals surface area contributed by atoms with Crippen LogP contribution in [0.15, 0.2) is 6.07 Å². The Balaban J connectivity index is 2.17. The minimum Gasteiger partial charge on any atom is -0.320 e. The fourth-order valence-electron chi connectivity index (χ4n) is 1.53. The van der Waals surface area contributed by atoms with Gasteiger partial charge in [-0.1, -0.05) is 11.8 Å². The molecular formula is C14H15N3OS2. The second kappa shape index (κ2) is 6.18. The van der Waals surface area contributed by atoms with Crippen LogP contribution in [0.25, 0.3) is 0 Å². The minimum absolute atomic E-state index is 0.146. The van der Waals surface area contributed by atoms with Crippen molar-refractivity contribution in [2.45, 2.75) is 20.8 Å². The van der Waals surface area contributed by atoms with Crippen molar-refractivity contribution in [1.29, 1.82) is 0 Å². The van der Waals surface area contributed by atoms with Crippen molar-refractivity contribution >= 4 is 33.7 Å². The van der Waals surface area contributed by atoms with E-state index < -0.39 is 0 Å². The van der Waals surface area contributed by atoms with Gasteiger partial charge in [-0.3, -0.25) is 10.1 Å². The molecule has 0 spiro atoms. The van der Waals surface area contributed by atoms with Crippen LogP contribution >= 0.6 is 22.7 Å². The standard InChI is InChI=1S/C14H15N3OS2/c1-8-7-12(20-11(8)5-4-6-15)13(18)17-14-16-9(2)10(3)19-14/h7H,6,15H2,1-3H3,(H,16,17,18). The normalized spacial score (nSPS) is 10.0. The van der Waals surface area contributed by atoms with Crippen LogP contribution in [0.2, 0.25) is 0 Å². The zero-order valence-corrected chi connectivity index (χ0v) is 13.2. The van der Waals surface area contributed by atoms with Gasteiger partial charge < -0.3 is 5.73 Å². The Morgan fingerprint density at radius 2 is 2.15 bits per heavy atom. The van der Waals surface area contributed by atoms with E-state index >= 15 is 0 Å². The van der Waals surface area contributed by atoms with Gasteiger partial charge in [0.05, 0.1) is 22.0 Å². The van der Waals surface area contributed by atoms with Crippen molar-refractivity contribution in [2.75, 3.05) is 11.9 Å². The number of carbonyl (C=O) groups is 1. The minimum atomic E-state index is -0.146. The zero-order valence-electron chi connectivity index (χ0n) is 11.5. The number of hydrogen-bond donors (Lipinski definition) is 2. The SMILES string of the molecule is Cc1cc(C(=O)Nc2nc(C)c(C)s2)sc1C#CCN. The molecule has 0 atom stereocenters. The van der Waals surface area contributed by atoms with Gasteiger partial charge in [-0.25, -0.2) is 4.98 Å². The number of thiophene rings is 1. The molecule has 0 aromatic carbocycles. The number of aryl methyl sites for hydroxylation is 3. The summed E-state index contributed by atoms with van der Waals surface area (Å²) in [6, 6.07) is 1.84. The Kier molecular flexibility index (Phi) is 4.55. The van der Waals surface area contributed by atoms with E-state index in [0.717, 1.165) is 21.0 Å². The summed E-state index contributed by atoms with van der Waals surface area (Å²) in [5.41, 5.74) is 7.30. The first-order valence-corrected chi connectivity index (χ1v) is 7.69. The number of anilines is 1. The van der Waals surface area contributed by atoms with Crippen LogP contribution < -0.4 is 11.1 Å². The van der Waals surface area contributed by atoms with Gasteiger partial charge in [0.1, 0.15) is 0 Å². The number of nitrogens with zero attached hydrogens (tertiary/aromatic N) is 1. The van der Waals surface area contributed by atoms with Crippen molar-refractivity contribution in [1.82, 2.24) is 4.98 Å². The Morgan fingerprint density at radius 1 is 1.40 bits per heavy atom. The Labute approximate surface area is 126 Å². The molecule has 0 saturated heterocycles. The number of amides is 1. The summed E-state index contributed by atoms with van der Waals surface area (Å²) in [4.78, 5) is 19.1. The third kappa shape index (κ3) is 3.25. The summed E-state index contributed by atoms with van der Waals surface area (Å²) >= 11 is 2.85. The maximum absolute atomic E-state index is 12.2. The highest BCUT2D eigenvalue weighted by Crippen LogP contribution is 2.25. The van der Waals surface area contributed by atoms with Gasteiger partial charge in [0.2, 0.25) is 0 Å². The summed E-state index contributed by atoms with van der Waals surface area (Å²) in [7, 11) is 0. The number of aromatic nitrogens is 1. The lowest BCUT2D eigenvalue weighted by Gasteiger charge is -1.97. The summed E-state index contributed by atoms with van der Waals surface area (Å²) in [6.45, 7) is 6.16. The zero-order chi connectivity index (χ0) is 14.7. The number of nitrogens with two attached hydrogens (primary N) is 1. The van der Waals surface area contributed by atoms with Gasteiger partial charge >= 0.3 is 0 Å². The first-order valence-electron chi connectivity index (χ1n) is 6.06. The molecule has 0 unspecified atom stereocenters. The maximum atomic E-state index is 12.2. The van der Waals surface area contributed by atoms with Crippen LogP contribution in [0, 0.1) is 32.6 Å². The highest BCUT2D eigenvalue weighted by Gasteiger charge is 2.14. The molecule has 3 N–H and O–H groups in total. The Morgan fingerprint density at radius 3 is 2.75 bits per heavy atom. The third-order valence-corrected chi connectivity index (χ3v) is 4.83. The number of rotatable bonds is 2. The lowest BCUT2D eigenvalue weighted by atomic mass is 10.2. The fraction of sp³-hybridized carbons (Fsp3) is 0.286. The number of thiazole rings is 1. The molecule has 2 aromatic rings. The maximum Gasteiger partial charge on any atom is 0.267 e. The average molecular weight is 305 g/mol. The summed E-state index contributed by atoms with van der Waals surface area (Å²) in [5.74, 6) is 5.63. The van der Waals surface area contributed by atoms with E-state index in [-0.39, 0.29) is 5.91 Å². The molecule has 6 heteroatoms.